The van der Waals surface area contributed by atoms with Crippen molar-refractivity contribution in [2.24, 2.45) is 7.05 Å². The van der Waals surface area contributed by atoms with Gasteiger partial charge in [-0.05, 0) is 19.4 Å². The molecule has 2 rings (SSSR count). The van der Waals surface area contributed by atoms with Crippen LogP contribution in [0.5, 0.6) is 0 Å². The number of amides is 2. The molecule has 7 nitrogen and oxygen atoms in total. The van der Waals surface area contributed by atoms with Crippen LogP contribution in [-0.4, -0.2) is 34.2 Å². The molecule has 0 radical (unpaired) electrons. The third kappa shape index (κ3) is 3.56. The predicted octanol–water partition coefficient (Wildman–Crippen LogP) is 0.578. The fraction of sp³-hybridized carbons (Fsp3) is 0.375. The van der Waals surface area contributed by atoms with Gasteiger partial charge < -0.3 is 10.6 Å². The Bertz CT molecular complexity index is 798. The lowest BCUT2D eigenvalue weighted by molar-refractivity contribution is -0.122. The molecule has 1 atom stereocenters. The van der Waals surface area contributed by atoms with Gasteiger partial charge in [0, 0.05) is 19.0 Å². The quantitative estimate of drug-likeness (QED) is 0.844. The summed E-state index contributed by atoms with van der Waals surface area (Å²) in [7, 11) is 1.49. The van der Waals surface area contributed by atoms with Crippen LogP contribution in [0.4, 0.5) is 0 Å². The van der Waals surface area contributed by atoms with Gasteiger partial charge in [-0.2, -0.15) is 5.10 Å². The number of carbonyl (C=O) groups is 2. The number of aryl methyl sites for hydroxylation is 1. The van der Waals surface area contributed by atoms with Crippen molar-refractivity contribution in [3.05, 3.63) is 40.3 Å². The van der Waals surface area contributed by atoms with Crippen LogP contribution in [-0.2, 0) is 11.8 Å². The summed E-state index contributed by atoms with van der Waals surface area (Å²) in [6.07, 6.45) is 0.819. The summed E-state index contributed by atoms with van der Waals surface area (Å²) in [5.74, 6) is -0.745. The maximum Gasteiger partial charge on any atom is 0.274 e. The second-order valence-electron chi connectivity index (χ2n) is 5.31. The number of rotatable bonds is 5. The molecule has 0 aliphatic carbocycles. The number of nitrogens with zero attached hydrogens (tertiary/aromatic N) is 2. The molecule has 2 N–H and O–H groups in total. The van der Waals surface area contributed by atoms with Crippen LogP contribution < -0.4 is 16.2 Å². The first kappa shape index (κ1) is 16.7. The summed E-state index contributed by atoms with van der Waals surface area (Å²) in [6, 6.07) is 6.09. The van der Waals surface area contributed by atoms with Crippen molar-refractivity contribution in [3.63, 3.8) is 0 Å². The number of carbonyl (C=O) groups excluding carboxylic acids is 2. The number of hydrogen-bond donors (Lipinski definition) is 2. The van der Waals surface area contributed by atoms with E-state index in [1.54, 1.807) is 31.2 Å². The van der Waals surface area contributed by atoms with Gasteiger partial charge in [0.15, 0.2) is 5.69 Å². The van der Waals surface area contributed by atoms with Crippen molar-refractivity contribution < 1.29 is 9.59 Å². The molecule has 2 amide bonds. The van der Waals surface area contributed by atoms with E-state index < -0.39 is 11.9 Å². The smallest absolute Gasteiger partial charge is 0.274 e. The lowest BCUT2D eigenvalue weighted by Gasteiger charge is -2.14. The van der Waals surface area contributed by atoms with Crippen LogP contribution in [0, 0.1) is 0 Å². The Kier molecular flexibility index (Phi) is 5.10. The average molecular weight is 316 g/mol. The van der Waals surface area contributed by atoms with Gasteiger partial charge in [-0.25, -0.2) is 4.68 Å². The van der Waals surface area contributed by atoms with Gasteiger partial charge in [0.05, 0.1) is 5.39 Å². The topological polar surface area (TPSA) is 93.1 Å². The SMILES string of the molecule is CCCNC(=O)[C@H](C)NC(=O)c1nn(C)c(=O)c2ccccc12. The molecule has 2 aromatic rings. The molecular formula is C16H20N4O3. The standard InChI is InChI=1S/C16H20N4O3/c1-4-9-17-14(21)10(2)18-15(22)13-11-7-5-6-8-12(11)16(23)20(3)19-13/h5-8,10H,4,9H2,1-3H3,(H,17,21)(H,18,22)/t10-/m0/s1. The molecule has 0 fully saturated rings. The molecule has 0 saturated heterocycles. The van der Waals surface area contributed by atoms with Crippen LogP contribution in [0.25, 0.3) is 10.8 Å². The Morgan fingerprint density at radius 3 is 2.57 bits per heavy atom. The first-order valence-electron chi connectivity index (χ1n) is 7.50. The fourth-order valence-corrected chi connectivity index (χ4v) is 2.20. The number of hydrogen-bond acceptors (Lipinski definition) is 4. The van der Waals surface area contributed by atoms with Crippen LogP contribution in [0.1, 0.15) is 30.8 Å². The van der Waals surface area contributed by atoms with Crippen molar-refractivity contribution in [2.45, 2.75) is 26.3 Å². The minimum Gasteiger partial charge on any atom is -0.354 e. The van der Waals surface area contributed by atoms with Crippen LogP contribution in [0.3, 0.4) is 0 Å². The van der Waals surface area contributed by atoms with E-state index in [-0.39, 0.29) is 17.2 Å². The molecule has 0 bridgehead atoms. The number of fused-ring (bicyclic) bond motifs is 1. The Morgan fingerprint density at radius 2 is 1.91 bits per heavy atom. The van der Waals surface area contributed by atoms with Gasteiger partial charge in [0.1, 0.15) is 6.04 Å². The van der Waals surface area contributed by atoms with Crippen LogP contribution >= 0.6 is 0 Å². The zero-order valence-electron chi connectivity index (χ0n) is 13.4. The maximum absolute atomic E-state index is 12.4. The molecule has 23 heavy (non-hydrogen) atoms. The zero-order valence-corrected chi connectivity index (χ0v) is 13.4. The average Bonchev–Trinajstić information content (AvgIpc) is 2.55. The minimum absolute atomic E-state index is 0.123. The first-order valence-corrected chi connectivity index (χ1v) is 7.50. The normalized spacial score (nSPS) is 12.0. The summed E-state index contributed by atoms with van der Waals surface area (Å²) >= 11 is 0. The molecular weight excluding hydrogens is 296 g/mol. The first-order chi connectivity index (χ1) is 11.0. The predicted molar refractivity (Wildman–Crippen MR) is 87.2 cm³/mol. The van der Waals surface area contributed by atoms with Crippen LogP contribution in [0.15, 0.2) is 29.1 Å². The van der Waals surface area contributed by atoms with E-state index in [0.29, 0.717) is 17.3 Å². The van der Waals surface area contributed by atoms with E-state index in [1.165, 1.54) is 7.05 Å². The Morgan fingerprint density at radius 1 is 1.26 bits per heavy atom. The van der Waals surface area contributed by atoms with Gasteiger partial charge in [-0.1, -0.05) is 25.1 Å². The molecule has 1 heterocycles. The van der Waals surface area contributed by atoms with E-state index in [9.17, 15) is 14.4 Å². The Balaban J connectivity index is 2.30. The van der Waals surface area contributed by atoms with Crippen molar-refractivity contribution in [1.29, 1.82) is 0 Å². The molecule has 0 spiro atoms. The molecule has 0 aliphatic heterocycles. The largest absolute Gasteiger partial charge is 0.354 e. The molecule has 1 aromatic carbocycles. The summed E-state index contributed by atoms with van der Waals surface area (Å²) in [6.45, 7) is 4.11. The molecule has 7 heteroatoms. The van der Waals surface area contributed by atoms with Crippen molar-refractivity contribution >= 4 is 22.6 Å². The Labute approximate surface area is 133 Å². The van der Waals surface area contributed by atoms with Gasteiger partial charge >= 0.3 is 0 Å². The Hall–Kier alpha value is -2.70. The second kappa shape index (κ2) is 7.04. The van der Waals surface area contributed by atoms with Gasteiger partial charge in [0.2, 0.25) is 5.91 Å². The molecule has 0 unspecified atom stereocenters. The van der Waals surface area contributed by atoms with E-state index in [0.717, 1.165) is 11.1 Å². The summed E-state index contributed by atoms with van der Waals surface area (Å²) < 4.78 is 1.12. The molecule has 122 valence electrons. The van der Waals surface area contributed by atoms with Gasteiger partial charge in [-0.15, -0.1) is 0 Å². The second-order valence-corrected chi connectivity index (χ2v) is 5.31. The van der Waals surface area contributed by atoms with Crippen LogP contribution in [0.2, 0.25) is 0 Å². The highest BCUT2D eigenvalue weighted by molar-refractivity contribution is 6.06. The highest BCUT2D eigenvalue weighted by atomic mass is 16.2. The number of benzene rings is 1. The van der Waals surface area contributed by atoms with Gasteiger partial charge in [0.25, 0.3) is 11.5 Å². The number of nitrogens with one attached hydrogen (secondary N) is 2. The van der Waals surface area contributed by atoms with Crippen molar-refractivity contribution in [3.8, 4) is 0 Å². The fourth-order valence-electron chi connectivity index (χ4n) is 2.20. The lowest BCUT2D eigenvalue weighted by atomic mass is 10.1. The molecule has 0 aliphatic rings. The summed E-state index contributed by atoms with van der Waals surface area (Å²) in [4.78, 5) is 36.4. The number of aromatic nitrogens is 2. The highest BCUT2D eigenvalue weighted by Crippen LogP contribution is 2.12. The summed E-state index contributed by atoms with van der Waals surface area (Å²) in [5.41, 5.74) is -0.149. The minimum atomic E-state index is -0.688. The maximum atomic E-state index is 12.4. The van der Waals surface area contributed by atoms with E-state index >= 15 is 0 Å². The van der Waals surface area contributed by atoms with Crippen molar-refractivity contribution in [1.82, 2.24) is 20.4 Å². The van der Waals surface area contributed by atoms with E-state index in [1.807, 2.05) is 6.92 Å². The zero-order chi connectivity index (χ0) is 17.0. The van der Waals surface area contributed by atoms with E-state index in [2.05, 4.69) is 15.7 Å². The molecule has 0 saturated carbocycles. The monoisotopic (exact) mass is 316 g/mol. The summed E-state index contributed by atoms with van der Waals surface area (Å²) in [5, 5.41) is 10.2. The lowest BCUT2D eigenvalue weighted by Crippen LogP contribution is -2.45. The molecule has 1 aromatic heterocycles. The third-order valence-corrected chi connectivity index (χ3v) is 3.46. The van der Waals surface area contributed by atoms with E-state index in [4.69, 9.17) is 0 Å². The van der Waals surface area contributed by atoms with Crippen molar-refractivity contribution in [2.75, 3.05) is 6.54 Å². The van der Waals surface area contributed by atoms with Gasteiger partial charge in [-0.3, -0.25) is 14.4 Å². The highest BCUT2D eigenvalue weighted by Gasteiger charge is 2.20. The third-order valence-electron chi connectivity index (χ3n) is 3.46.